The summed E-state index contributed by atoms with van der Waals surface area (Å²) < 4.78 is 11.9. The molecular formula is C20H18Br2N4O5. The number of amides is 4. The van der Waals surface area contributed by atoms with Crippen LogP contribution in [0.4, 0.5) is 16.2 Å². The van der Waals surface area contributed by atoms with Gasteiger partial charge in [-0.2, -0.15) is 0 Å². The van der Waals surface area contributed by atoms with Gasteiger partial charge in [-0.05, 0) is 62.2 Å². The summed E-state index contributed by atoms with van der Waals surface area (Å²) in [5, 5.41) is 5.17. The second-order valence-corrected chi connectivity index (χ2v) is 8.42. The van der Waals surface area contributed by atoms with Gasteiger partial charge in [-0.1, -0.05) is 0 Å². The van der Waals surface area contributed by atoms with Crippen molar-refractivity contribution in [3.8, 4) is 0 Å². The van der Waals surface area contributed by atoms with Gasteiger partial charge in [-0.25, -0.2) is 9.69 Å². The molecule has 9 nitrogen and oxygen atoms in total. The van der Waals surface area contributed by atoms with E-state index < -0.39 is 24.4 Å². The summed E-state index contributed by atoms with van der Waals surface area (Å²) in [6.07, 6.45) is 1.40. The molecule has 0 unspecified atom stereocenters. The van der Waals surface area contributed by atoms with Crippen LogP contribution in [0.1, 0.15) is 5.76 Å². The summed E-state index contributed by atoms with van der Waals surface area (Å²) in [6.45, 7) is 2.61. The third-order valence-corrected chi connectivity index (χ3v) is 6.45. The number of benzene rings is 1. The molecule has 2 fully saturated rings. The lowest BCUT2D eigenvalue weighted by Gasteiger charge is -2.28. The lowest BCUT2D eigenvalue weighted by Crippen LogP contribution is -2.38. The van der Waals surface area contributed by atoms with Gasteiger partial charge in [0.2, 0.25) is 5.91 Å². The quantitative estimate of drug-likeness (QED) is 0.435. The maximum absolute atomic E-state index is 12.5. The average molecular weight is 554 g/mol. The molecule has 11 heteroatoms. The van der Waals surface area contributed by atoms with Crippen LogP contribution < -0.4 is 15.5 Å². The molecule has 0 spiro atoms. The van der Waals surface area contributed by atoms with Crippen molar-refractivity contribution in [3.05, 3.63) is 50.9 Å². The van der Waals surface area contributed by atoms with Gasteiger partial charge in [0, 0.05) is 30.5 Å². The van der Waals surface area contributed by atoms with E-state index in [1.54, 1.807) is 18.2 Å². The fourth-order valence-electron chi connectivity index (χ4n) is 3.21. The number of anilines is 2. The highest BCUT2D eigenvalue weighted by atomic mass is 79.9. The van der Waals surface area contributed by atoms with Gasteiger partial charge < -0.3 is 24.7 Å². The first-order valence-corrected chi connectivity index (χ1v) is 11.0. The van der Waals surface area contributed by atoms with E-state index in [4.69, 9.17) is 9.15 Å². The Labute approximate surface area is 194 Å². The number of nitrogens with one attached hydrogen (secondary N) is 2. The van der Waals surface area contributed by atoms with E-state index in [0.717, 1.165) is 23.7 Å². The van der Waals surface area contributed by atoms with E-state index in [2.05, 4.69) is 47.4 Å². The normalized spacial score (nSPS) is 17.9. The van der Waals surface area contributed by atoms with Crippen molar-refractivity contribution < 1.29 is 23.5 Å². The Morgan fingerprint density at radius 3 is 2.52 bits per heavy atom. The van der Waals surface area contributed by atoms with Crippen LogP contribution >= 0.6 is 31.9 Å². The second-order valence-electron chi connectivity index (χ2n) is 6.84. The first-order valence-electron chi connectivity index (χ1n) is 9.43. The third kappa shape index (κ3) is 5.00. The first kappa shape index (κ1) is 21.6. The predicted octanol–water partition coefficient (Wildman–Crippen LogP) is 3.17. The fraction of sp³-hybridized carbons (Fsp3) is 0.250. The summed E-state index contributed by atoms with van der Waals surface area (Å²) in [5.74, 6) is -0.715. The highest BCUT2D eigenvalue weighted by Gasteiger charge is 2.35. The van der Waals surface area contributed by atoms with Crippen LogP contribution in [0.2, 0.25) is 0 Å². The number of hydrogen-bond acceptors (Lipinski definition) is 6. The molecule has 4 rings (SSSR count). The van der Waals surface area contributed by atoms with E-state index in [0.29, 0.717) is 33.8 Å². The maximum Gasteiger partial charge on any atom is 0.329 e. The standard InChI is InChI=1S/C20H18Br2N4O5/c21-15-9-14(31-18(15)22)10-16-19(28)26(20(29)24-16)11-17(27)23-12-1-3-13(4-2-12)25-5-7-30-8-6-25/h1-4,9-10H,5-8,11H2,(H,23,27)(H,24,29)/b16-10-. The van der Waals surface area contributed by atoms with Crippen LogP contribution in [0.15, 0.2) is 49.6 Å². The molecule has 2 aromatic rings. The Balaban J connectivity index is 1.36. The van der Waals surface area contributed by atoms with Crippen LogP contribution in [0.5, 0.6) is 0 Å². The molecule has 1 aromatic carbocycles. The largest absolute Gasteiger partial charge is 0.449 e. The van der Waals surface area contributed by atoms with Crippen molar-refractivity contribution >= 4 is 67.2 Å². The van der Waals surface area contributed by atoms with Gasteiger partial charge in [0.1, 0.15) is 18.0 Å². The number of morpholine rings is 1. The van der Waals surface area contributed by atoms with E-state index in [1.807, 2.05) is 12.1 Å². The Kier molecular flexibility index (Phi) is 6.44. The van der Waals surface area contributed by atoms with Crippen LogP contribution in [0, 0.1) is 0 Å². The number of urea groups is 1. The first-order chi connectivity index (χ1) is 14.9. The van der Waals surface area contributed by atoms with Crippen molar-refractivity contribution in [3.63, 3.8) is 0 Å². The lowest BCUT2D eigenvalue weighted by atomic mass is 10.2. The number of ether oxygens (including phenoxy) is 1. The summed E-state index contributed by atoms with van der Waals surface area (Å²) in [6, 6.07) is 8.37. The Morgan fingerprint density at radius 1 is 1.16 bits per heavy atom. The van der Waals surface area contributed by atoms with Gasteiger partial charge in [0.15, 0.2) is 4.67 Å². The van der Waals surface area contributed by atoms with Gasteiger partial charge in [-0.15, -0.1) is 0 Å². The smallest absolute Gasteiger partial charge is 0.329 e. The van der Waals surface area contributed by atoms with E-state index in [-0.39, 0.29) is 5.70 Å². The third-order valence-electron chi connectivity index (χ3n) is 4.74. The number of furan rings is 1. The molecule has 2 aliphatic rings. The number of nitrogens with zero attached hydrogens (tertiary/aromatic N) is 2. The minimum Gasteiger partial charge on any atom is -0.449 e. The Hall–Kier alpha value is -2.63. The molecule has 31 heavy (non-hydrogen) atoms. The topological polar surface area (TPSA) is 104 Å². The molecule has 0 saturated carbocycles. The zero-order valence-corrected chi connectivity index (χ0v) is 19.4. The monoisotopic (exact) mass is 552 g/mol. The minimum absolute atomic E-state index is 0.0291. The van der Waals surface area contributed by atoms with Crippen molar-refractivity contribution in [2.75, 3.05) is 43.1 Å². The number of halogens is 2. The number of rotatable bonds is 5. The zero-order chi connectivity index (χ0) is 22.0. The van der Waals surface area contributed by atoms with Crippen LogP contribution in [-0.4, -0.2) is 55.6 Å². The molecule has 2 N–H and O–H groups in total. The molecule has 0 bridgehead atoms. The summed E-state index contributed by atoms with van der Waals surface area (Å²) >= 11 is 6.49. The molecule has 4 amide bonds. The van der Waals surface area contributed by atoms with Gasteiger partial charge in [-0.3, -0.25) is 9.59 Å². The number of imide groups is 1. The molecule has 162 valence electrons. The van der Waals surface area contributed by atoms with Crippen LogP contribution in [0.3, 0.4) is 0 Å². The second kappa shape index (κ2) is 9.25. The van der Waals surface area contributed by atoms with E-state index in [1.165, 1.54) is 6.08 Å². The average Bonchev–Trinajstić information content (AvgIpc) is 3.21. The Bertz CT molecular complexity index is 1020. The van der Waals surface area contributed by atoms with Gasteiger partial charge in [0.25, 0.3) is 5.91 Å². The fourth-order valence-corrected chi connectivity index (χ4v) is 3.82. The molecule has 0 atom stereocenters. The summed E-state index contributed by atoms with van der Waals surface area (Å²) in [7, 11) is 0. The summed E-state index contributed by atoms with van der Waals surface area (Å²) in [5.41, 5.74) is 1.65. The maximum atomic E-state index is 12.5. The number of hydrogen-bond donors (Lipinski definition) is 2. The predicted molar refractivity (Wildman–Crippen MR) is 120 cm³/mol. The highest BCUT2D eigenvalue weighted by molar-refractivity contribution is 9.13. The Morgan fingerprint density at radius 2 is 1.87 bits per heavy atom. The van der Waals surface area contributed by atoms with E-state index in [9.17, 15) is 14.4 Å². The van der Waals surface area contributed by atoms with Crippen LogP contribution in [-0.2, 0) is 14.3 Å². The molecule has 0 aliphatic carbocycles. The molecule has 0 radical (unpaired) electrons. The van der Waals surface area contributed by atoms with Crippen molar-refractivity contribution in [1.82, 2.24) is 10.2 Å². The summed E-state index contributed by atoms with van der Waals surface area (Å²) in [4.78, 5) is 40.1. The highest BCUT2D eigenvalue weighted by Crippen LogP contribution is 2.28. The molecule has 1 aromatic heterocycles. The van der Waals surface area contributed by atoms with Crippen molar-refractivity contribution in [1.29, 1.82) is 0 Å². The molecular weight excluding hydrogens is 536 g/mol. The van der Waals surface area contributed by atoms with Crippen molar-refractivity contribution in [2.24, 2.45) is 0 Å². The number of carbonyl (C=O) groups excluding carboxylic acids is 3. The van der Waals surface area contributed by atoms with Gasteiger partial charge in [0.05, 0.1) is 17.7 Å². The van der Waals surface area contributed by atoms with Crippen LogP contribution in [0.25, 0.3) is 6.08 Å². The molecule has 3 heterocycles. The van der Waals surface area contributed by atoms with Crippen molar-refractivity contribution in [2.45, 2.75) is 0 Å². The molecule has 2 aliphatic heterocycles. The SMILES string of the molecule is O=C(CN1C(=O)N/C(=C\c2cc(Br)c(Br)o2)C1=O)Nc1ccc(N2CCOCC2)cc1. The lowest BCUT2D eigenvalue weighted by molar-refractivity contribution is -0.127. The molecule has 2 saturated heterocycles. The minimum atomic E-state index is -0.668. The zero-order valence-electron chi connectivity index (χ0n) is 16.2. The number of carbonyl (C=O) groups is 3. The van der Waals surface area contributed by atoms with Gasteiger partial charge >= 0.3 is 6.03 Å². The van der Waals surface area contributed by atoms with E-state index >= 15 is 0 Å².